The molecule has 16 nitrogen and oxygen atoms in total. The Morgan fingerprint density at radius 3 is 0.881 bits per heavy atom. The molecule has 10 aromatic rings. The van der Waals surface area contributed by atoms with E-state index in [1.165, 1.54) is 97.3 Å². The molecule has 0 radical (unpaired) electrons. The number of rotatable bonds is 25. The van der Waals surface area contributed by atoms with Crippen LogP contribution in [0.4, 0.5) is 17.6 Å². The van der Waals surface area contributed by atoms with Gasteiger partial charge in [-0.1, -0.05) is 108 Å². The van der Waals surface area contributed by atoms with E-state index in [4.69, 9.17) is 18.9 Å². The van der Waals surface area contributed by atoms with Crippen molar-refractivity contribution in [2.75, 3.05) is 119 Å². The fourth-order valence-corrected chi connectivity index (χ4v) is 22.0. The number of unbranched alkanes of at least 4 members (excludes halogenated alkanes) is 1. The second-order valence-corrected chi connectivity index (χ2v) is 35.2. The number of aromatic hydroxyl groups is 7. The molecule has 0 saturated carbocycles. The molecule has 20 rings (SSSR count). The van der Waals surface area contributed by atoms with Crippen LogP contribution >= 0.6 is 0 Å². The third-order valence-electron chi connectivity index (χ3n) is 27.3. The number of benzene rings is 10. The van der Waals surface area contributed by atoms with Crippen molar-refractivity contribution < 1.29 is 72.3 Å². The Morgan fingerprint density at radius 2 is 0.556 bits per heavy atom. The quantitative estimate of drug-likeness (QED) is 0.0162. The lowest BCUT2D eigenvalue weighted by molar-refractivity contribution is 0.180. The number of phenols is 7. The minimum atomic E-state index is -0.540. The number of halogens is 4. The van der Waals surface area contributed by atoms with E-state index in [1.807, 2.05) is 66.7 Å². The second kappa shape index (κ2) is 40.2. The zero-order valence-corrected chi connectivity index (χ0v) is 73.7. The fourth-order valence-electron chi connectivity index (χ4n) is 22.0. The van der Waals surface area contributed by atoms with Gasteiger partial charge in [0.2, 0.25) is 0 Å². The molecule has 5 heterocycles. The number of hydrogen-bond donors (Lipinski definition) is 7. The Hall–Kier alpha value is -10.5. The first-order chi connectivity index (χ1) is 61.5. The minimum Gasteiger partial charge on any atom is -0.507 e. The summed E-state index contributed by atoms with van der Waals surface area (Å²) in [6.45, 7) is 20.7. The molecule has 0 fully saturated rings. The van der Waals surface area contributed by atoms with Gasteiger partial charge in [-0.3, -0.25) is 33.3 Å². The van der Waals surface area contributed by atoms with Crippen molar-refractivity contribution in [2.24, 2.45) is 0 Å². The zero-order valence-electron chi connectivity index (χ0n) is 73.7. The summed E-state index contributed by atoms with van der Waals surface area (Å²) in [5.74, 6) is 3.50. The maximum Gasteiger partial charge on any atom is 0.165 e. The van der Waals surface area contributed by atoms with Gasteiger partial charge in [0.25, 0.3) is 0 Å². The molecule has 5 aliphatic carbocycles. The highest BCUT2D eigenvalue weighted by Gasteiger charge is 2.42. The van der Waals surface area contributed by atoms with Crippen LogP contribution in [0.5, 0.6) is 63.2 Å². The van der Waals surface area contributed by atoms with E-state index in [0.717, 1.165) is 205 Å². The molecule has 10 aliphatic rings. The van der Waals surface area contributed by atoms with Gasteiger partial charge < -0.3 is 54.7 Å². The van der Waals surface area contributed by atoms with E-state index in [-0.39, 0.29) is 55.0 Å². The second-order valence-electron chi connectivity index (χ2n) is 35.2. The molecule has 0 spiro atoms. The van der Waals surface area contributed by atoms with Crippen molar-refractivity contribution in [2.45, 2.75) is 180 Å². The van der Waals surface area contributed by atoms with Gasteiger partial charge in [-0.25, -0.2) is 8.78 Å². The van der Waals surface area contributed by atoms with Crippen molar-refractivity contribution in [3.8, 4) is 119 Å². The Bertz CT molecular complexity index is 5550. The zero-order chi connectivity index (χ0) is 87.8. The van der Waals surface area contributed by atoms with E-state index in [0.29, 0.717) is 89.8 Å². The number of fused-ring (bicyclic) bond motifs is 10. The van der Waals surface area contributed by atoms with Crippen LogP contribution in [0.25, 0.3) is 55.6 Å². The largest absolute Gasteiger partial charge is 0.507 e. The topological polar surface area (TPSA) is 195 Å². The van der Waals surface area contributed by atoms with Gasteiger partial charge in [0.05, 0.1) is 26.6 Å². The van der Waals surface area contributed by atoms with Crippen LogP contribution in [-0.4, -0.2) is 179 Å². The molecule has 126 heavy (non-hydrogen) atoms. The average Bonchev–Trinajstić information content (AvgIpc) is 0.746. The lowest BCUT2D eigenvalue weighted by Gasteiger charge is -2.42. The summed E-state index contributed by atoms with van der Waals surface area (Å²) in [6, 6.07) is 48.9. The van der Waals surface area contributed by atoms with Crippen LogP contribution in [0, 0.1) is 0 Å². The third-order valence-corrected chi connectivity index (χ3v) is 27.3. The van der Waals surface area contributed by atoms with Gasteiger partial charge in [0, 0.05) is 104 Å². The number of ether oxygens (including phenoxy) is 4. The van der Waals surface area contributed by atoms with E-state index in [2.05, 4.69) is 114 Å². The van der Waals surface area contributed by atoms with Crippen molar-refractivity contribution in [1.29, 1.82) is 0 Å². The lowest BCUT2D eigenvalue weighted by atomic mass is 9.76. The average molecular weight is 1720 g/mol. The van der Waals surface area contributed by atoms with Gasteiger partial charge in [-0.15, -0.1) is 0 Å². The highest BCUT2D eigenvalue weighted by atomic mass is 19.1. The minimum absolute atomic E-state index is 0.0164. The molecule has 0 amide bonds. The highest BCUT2D eigenvalue weighted by Crippen LogP contribution is 2.57. The van der Waals surface area contributed by atoms with Crippen molar-refractivity contribution in [3.05, 3.63) is 229 Å². The van der Waals surface area contributed by atoms with Crippen LogP contribution in [0.15, 0.2) is 146 Å². The summed E-state index contributed by atoms with van der Waals surface area (Å²) in [5, 5.41) is 72.6. The van der Waals surface area contributed by atoms with Crippen molar-refractivity contribution in [1.82, 2.24) is 24.5 Å². The van der Waals surface area contributed by atoms with Crippen LogP contribution in [0.2, 0.25) is 0 Å². The molecule has 0 unspecified atom stereocenters. The molecule has 666 valence electrons. The molecular formula is C106H123F4N5O11. The normalized spacial score (nSPS) is 18.5. The summed E-state index contributed by atoms with van der Waals surface area (Å²) in [7, 11) is 0. The maximum absolute atomic E-state index is 12.6. The third kappa shape index (κ3) is 18.0. The van der Waals surface area contributed by atoms with Crippen LogP contribution in [0.3, 0.4) is 0 Å². The van der Waals surface area contributed by atoms with Gasteiger partial charge in [0.15, 0.2) is 23.0 Å². The molecule has 7 N–H and O–H groups in total. The number of alkyl halides is 4. The molecule has 20 heteroatoms. The monoisotopic (exact) mass is 1720 g/mol. The van der Waals surface area contributed by atoms with Gasteiger partial charge in [0.1, 0.15) is 66.8 Å². The fraction of sp³-hybridized carbons (Fsp3) is 0.434. The van der Waals surface area contributed by atoms with E-state index >= 15 is 0 Å². The van der Waals surface area contributed by atoms with E-state index in [1.54, 1.807) is 24.3 Å². The first-order valence-corrected chi connectivity index (χ1v) is 46.3. The Kier molecular flexibility index (Phi) is 28.4. The number of phenolic OH excluding ortho intramolecular Hbond substituents is 7. The first-order valence-electron chi connectivity index (χ1n) is 46.3. The van der Waals surface area contributed by atoms with Crippen molar-refractivity contribution in [3.63, 3.8) is 0 Å². The van der Waals surface area contributed by atoms with Gasteiger partial charge >= 0.3 is 0 Å². The molecule has 0 bridgehead atoms. The smallest absolute Gasteiger partial charge is 0.165 e. The Labute approximate surface area is 739 Å². The number of hydrogen-bond acceptors (Lipinski definition) is 16. The summed E-state index contributed by atoms with van der Waals surface area (Å²) in [5.41, 5.74) is 28.3. The molecule has 0 saturated heterocycles. The Balaban J connectivity index is 0.000000116. The molecule has 5 aliphatic heterocycles. The van der Waals surface area contributed by atoms with Crippen LogP contribution < -0.4 is 18.9 Å². The van der Waals surface area contributed by atoms with E-state index in [9.17, 15) is 53.3 Å². The predicted molar refractivity (Wildman–Crippen MR) is 491 cm³/mol. The summed E-state index contributed by atoms with van der Waals surface area (Å²) in [6.07, 6.45) is 17.2. The summed E-state index contributed by atoms with van der Waals surface area (Å²) in [4.78, 5) is 12.8. The molecule has 0 aromatic heterocycles. The summed E-state index contributed by atoms with van der Waals surface area (Å²) < 4.78 is 72.7. The maximum atomic E-state index is 12.6. The standard InChI is InChI=1S/C22H26FNO3.C22H26FNO2.C21H24FNO3.C21H24FNO2.C20H23NO/c1-2-8-24-9-6-15-11-16(27-10-3-7-23)13-17-20(15)18(24)12-14-4-5-19(25)22(26)21(14)17;1-2-9-24-10-7-16-12-17(26-11-4-8-23)14-18-21(16)19(24)13-15-5-3-6-20(25)22(15)18;1-2-7-23-8-5-14-10-15(26-9-6-22)12-16-19(14)17(23)11-13-3-4-18(24)21(25)20(13)16;1-2-8-23-9-6-15-11-16(25-10-7-22)13-17-20(15)18(23)12-14-4-3-5-19(24)21(14)17;1-2-3-11-21-12-10-14-6-4-8-16-19(14)17(21)13-15-7-5-9-18(22)20(15)16/h4-5,11,13,18,25-26H,2-3,6-10,12H2,1H3;3,5-6,12,14,19,25H,2,4,7-11,13H2,1H3;3-4,10,12,17,24-25H,2,5-9,11H2,1H3;3-5,11,13,18,24H,2,6-10,12H2,1H3;4-9,17,22H,2-3,10-13H2,1H3/t18-;19-;17-;18-;17-/m11111/s1. The SMILES string of the molecule is CCCCN1CCc2cccc3c2[C@H]1Cc1cccc(O)c1-3.CCCN1CCc2cc(OCCCF)cc3c2[C@H]1Cc1ccc(O)c(O)c1-3.CCCN1CCc2cc(OCCCF)cc3c2[C@H]1Cc1cccc(O)c1-3.CCCN1CCc2cc(OCCF)cc3c2[C@H]1Cc1ccc(O)c(O)c1-3.CCCN1CCc2cc(OCCF)cc3c2[C@H]1Cc1cccc(O)c1-3. The predicted octanol–water partition coefficient (Wildman–Crippen LogP) is 21.6. The highest BCUT2D eigenvalue weighted by molar-refractivity contribution is 5.87. The number of nitrogens with zero attached hydrogens (tertiary/aromatic N) is 5. The lowest BCUT2D eigenvalue weighted by Crippen LogP contribution is -2.38. The van der Waals surface area contributed by atoms with Crippen LogP contribution in [-0.2, 0) is 64.2 Å². The Morgan fingerprint density at radius 1 is 0.270 bits per heavy atom. The molecule has 10 aromatic carbocycles. The first kappa shape index (κ1) is 88.9. The summed E-state index contributed by atoms with van der Waals surface area (Å²) >= 11 is 0. The van der Waals surface area contributed by atoms with E-state index < -0.39 is 20.0 Å². The van der Waals surface area contributed by atoms with Crippen molar-refractivity contribution >= 4 is 0 Å². The van der Waals surface area contributed by atoms with Crippen LogP contribution in [0.1, 0.15) is 200 Å². The van der Waals surface area contributed by atoms with Gasteiger partial charge in [-0.05, 0) is 319 Å². The molecule has 5 atom stereocenters. The molecular weight excluding hydrogens is 1600 g/mol. The van der Waals surface area contributed by atoms with Gasteiger partial charge in [-0.2, -0.15) is 0 Å².